The number of benzene rings is 3. The first-order chi connectivity index (χ1) is 23.4. The highest BCUT2D eigenvalue weighted by Gasteiger charge is 2.56. The predicted octanol–water partition coefficient (Wildman–Crippen LogP) is 9.93. The normalized spacial score (nSPS) is 18.3. The van der Waals surface area contributed by atoms with Crippen molar-refractivity contribution in [3.63, 3.8) is 0 Å². The number of halogens is 5. The summed E-state index contributed by atoms with van der Waals surface area (Å²) in [7, 11) is 3.17. The van der Waals surface area contributed by atoms with Gasteiger partial charge in [0.1, 0.15) is 28.4 Å². The monoisotopic (exact) mass is 712 g/mol. The van der Waals surface area contributed by atoms with Crippen LogP contribution in [-0.2, 0) is 21.3 Å². The Morgan fingerprint density at radius 1 is 0.837 bits per heavy atom. The van der Waals surface area contributed by atoms with Crippen LogP contribution < -0.4 is 18.9 Å². The van der Waals surface area contributed by atoms with Gasteiger partial charge in [-0.3, -0.25) is 0 Å². The Kier molecular flexibility index (Phi) is 13.9. The van der Waals surface area contributed by atoms with E-state index in [0.717, 1.165) is 53.9 Å². The van der Waals surface area contributed by atoms with Crippen LogP contribution >= 0.6 is 11.8 Å². The van der Waals surface area contributed by atoms with E-state index in [-0.39, 0.29) is 37.1 Å². The van der Waals surface area contributed by atoms with E-state index in [0.29, 0.717) is 18.1 Å². The lowest BCUT2D eigenvalue weighted by molar-refractivity contribution is -0.284. The minimum atomic E-state index is -5.52. The molecular weight excluding hydrogens is 667 g/mol. The molecule has 270 valence electrons. The highest BCUT2D eigenvalue weighted by atomic mass is 32.2. The van der Waals surface area contributed by atoms with Crippen molar-refractivity contribution < 1.29 is 50.4 Å². The zero-order valence-electron chi connectivity index (χ0n) is 28.3. The highest BCUT2D eigenvalue weighted by molar-refractivity contribution is 7.99. The summed E-state index contributed by atoms with van der Waals surface area (Å²) in [4.78, 5) is 0. The Hall–Kier alpha value is -3.22. The first kappa shape index (κ1) is 38.6. The fraction of sp³-hybridized carbons (Fsp3) is 0.514. The third kappa shape index (κ3) is 10.6. The number of hydrogen-bond donors (Lipinski definition) is 0. The van der Waals surface area contributed by atoms with Crippen molar-refractivity contribution in [2.75, 3.05) is 40.2 Å². The van der Waals surface area contributed by atoms with Crippen LogP contribution in [0.15, 0.2) is 66.7 Å². The second-order valence-electron chi connectivity index (χ2n) is 12.3. The Morgan fingerprint density at radius 2 is 1.47 bits per heavy atom. The molecule has 4 rings (SSSR count). The molecule has 3 atom stereocenters. The Morgan fingerprint density at radius 3 is 2.12 bits per heavy atom. The van der Waals surface area contributed by atoms with Gasteiger partial charge in [0.25, 0.3) is 0 Å². The smallest absolute Gasteiger partial charge is 0.453 e. The molecule has 3 unspecified atom stereocenters. The molecule has 3 aromatic rings. The lowest BCUT2D eigenvalue weighted by Crippen LogP contribution is -2.40. The van der Waals surface area contributed by atoms with E-state index in [1.165, 1.54) is 11.8 Å². The summed E-state index contributed by atoms with van der Waals surface area (Å²) in [5.41, 5.74) is 2.78. The molecule has 0 fully saturated rings. The molecular formula is C37H45F5O6S. The van der Waals surface area contributed by atoms with Crippen LogP contribution in [0.25, 0.3) is 0 Å². The third-order valence-corrected chi connectivity index (χ3v) is 9.78. The van der Waals surface area contributed by atoms with E-state index in [1.54, 1.807) is 21.1 Å². The van der Waals surface area contributed by atoms with Crippen molar-refractivity contribution in [3.8, 4) is 23.0 Å². The summed E-state index contributed by atoms with van der Waals surface area (Å²) >= 11 is 1.20. The summed E-state index contributed by atoms with van der Waals surface area (Å²) in [5, 5.41) is 0. The van der Waals surface area contributed by atoms with E-state index in [1.807, 2.05) is 48.5 Å². The molecule has 0 N–H and O–H groups in total. The van der Waals surface area contributed by atoms with E-state index in [9.17, 15) is 22.0 Å². The van der Waals surface area contributed by atoms with Crippen molar-refractivity contribution >= 4 is 11.8 Å². The molecule has 0 radical (unpaired) electrons. The quantitative estimate of drug-likeness (QED) is 0.0697. The van der Waals surface area contributed by atoms with Crippen LogP contribution in [0.1, 0.15) is 68.6 Å². The van der Waals surface area contributed by atoms with Crippen molar-refractivity contribution in [1.82, 2.24) is 0 Å². The number of rotatable bonds is 19. The fourth-order valence-corrected chi connectivity index (χ4v) is 6.78. The zero-order chi connectivity index (χ0) is 35.5. The van der Waals surface area contributed by atoms with Gasteiger partial charge in [-0.25, -0.2) is 0 Å². The number of alkyl halides is 5. The molecule has 0 aromatic heterocycles. The predicted molar refractivity (Wildman–Crippen MR) is 180 cm³/mol. The number of fused-ring (bicyclic) bond motifs is 1. The van der Waals surface area contributed by atoms with Gasteiger partial charge in [0.05, 0.1) is 6.61 Å². The molecule has 0 saturated carbocycles. The molecule has 0 aliphatic carbocycles. The summed E-state index contributed by atoms with van der Waals surface area (Å²) < 4.78 is 96.8. The highest BCUT2D eigenvalue weighted by Crippen LogP contribution is 2.50. The van der Waals surface area contributed by atoms with Crippen molar-refractivity contribution in [2.24, 2.45) is 0 Å². The molecule has 1 heterocycles. The van der Waals surface area contributed by atoms with Crippen molar-refractivity contribution in [3.05, 3.63) is 83.4 Å². The first-order valence-corrected chi connectivity index (χ1v) is 17.3. The zero-order valence-corrected chi connectivity index (χ0v) is 29.1. The first-order valence-electron chi connectivity index (χ1n) is 16.3. The maximum atomic E-state index is 13.1. The van der Waals surface area contributed by atoms with Gasteiger partial charge in [0.15, 0.2) is 13.6 Å². The minimum Gasteiger partial charge on any atom is -0.492 e. The average Bonchev–Trinajstić information content (AvgIpc) is 3.08. The van der Waals surface area contributed by atoms with Gasteiger partial charge in [-0.15, -0.1) is 11.8 Å². The van der Waals surface area contributed by atoms with Crippen LogP contribution in [0, 0.1) is 0 Å². The van der Waals surface area contributed by atoms with E-state index < -0.39 is 24.0 Å². The molecule has 0 saturated heterocycles. The maximum absolute atomic E-state index is 13.1. The Labute approximate surface area is 289 Å². The van der Waals surface area contributed by atoms with Crippen molar-refractivity contribution in [1.29, 1.82) is 0 Å². The minimum absolute atomic E-state index is 0.137. The molecule has 3 aromatic carbocycles. The van der Waals surface area contributed by atoms with Gasteiger partial charge < -0.3 is 28.4 Å². The fourth-order valence-electron chi connectivity index (χ4n) is 5.96. The largest absolute Gasteiger partial charge is 0.492 e. The van der Waals surface area contributed by atoms with Gasteiger partial charge in [-0.05, 0) is 85.4 Å². The summed E-state index contributed by atoms with van der Waals surface area (Å²) in [5.74, 6) is -1.48. The van der Waals surface area contributed by atoms with Gasteiger partial charge in [0.2, 0.25) is 0 Å². The van der Waals surface area contributed by atoms with E-state index >= 15 is 0 Å². The standard InChI is InChI=1S/C37H45F5O6S/c1-26(49-21-7-20-36(38,39)37(40,41)42)48-30-14-10-27(11-15-30)8-5-6-9-33-32-19-18-31(47-25-44-4)22-34(32)45-23-35(33,2)28-12-16-29(17-13-28)46-24-43-3/h10-19,22,26,33H,5-9,20-21,23-25H2,1-4H3. The number of aryl methyl sites for hydroxylation is 1. The molecule has 1 aliphatic heterocycles. The second-order valence-corrected chi connectivity index (χ2v) is 13.7. The van der Waals surface area contributed by atoms with E-state index in [4.69, 9.17) is 28.4 Å². The number of hydrogen-bond acceptors (Lipinski definition) is 7. The number of thioether (sulfide) groups is 1. The number of methoxy groups -OCH3 is 2. The molecule has 1 aliphatic rings. The summed E-state index contributed by atoms with van der Waals surface area (Å²) in [6, 6.07) is 21.8. The molecule has 0 amide bonds. The lowest BCUT2D eigenvalue weighted by Gasteiger charge is -2.43. The lowest BCUT2D eigenvalue weighted by atomic mass is 9.66. The van der Waals surface area contributed by atoms with Crippen molar-refractivity contribution in [2.45, 2.75) is 81.2 Å². The van der Waals surface area contributed by atoms with Crippen LogP contribution in [0.4, 0.5) is 22.0 Å². The molecule has 0 bridgehead atoms. The SMILES string of the molecule is COCOc1ccc(C2(C)COc3cc(OCOC)ccc3C2CCCCc2ccc(OC(C)SCCCC(F)(F)C(F)(F)F)cc2)cc1. The topological polar surface area (TPSA) is 55.4 Å². The van der Waals surface area contributed by atoms with Gasteiger partial charge in [-0.2, -0.15) is 22.0 Å². The third-order valence-electron chi connectivity index (χ3n) is 8.69. The van der Waals surface area contributed by atoms with Gasteiger partial charge in [0, 0.05) is 38.0 Å². The van der Waals surface area contributed by atoms with Gasteiger partial charge >= 0.3 is 12.1 Å². The van der Waals surface area contributed by atoms with Crippen LogP contribution in [-0.4, -0.2) is 57.7 Å². The maximum Gasteiger partial charge on any atom is 0.453 e. The van der Waals surface area contributed by atoms with E-state index in [2.05, 4.69) is 25.1 Å². The Bertz CT molecular complexity index is 1440. The molecule has 12 heteroatoms. The van der Waals surface area contributed by atoms with Gasteiger partial charge in [-0.1, -0.05) is 43.7 Å². The Balaban J connectivity index is 1.33. The molecule has 0 spiro atoms. The number of ether oxygens (including phenoxy) is 6. The van der Waals surface area contributed by atoms with Crippen LogP contribution in [0.5, 0.6) is 23.0 Å². The summed E-state index contributed by atoms with van der Waals surface area (Å²) in [6.45, 7) is 4.84. The number of unbranched alkanes of at least 4 members (excludes halogenated alkanes) is 1. The molecule has 6 nitrogen and oxygen atoms in total. The summed E-state index contributed by atoms with van der Waals surface area (Å²) in [6.07, 6.45) is -3.24. The molecule has 49 heavy (non-hydrogen) atoms. The average molecular weight is 713 g/mol. The second kappa shape index (κ2) is 17.6. The van der Waals surface area contributed by atoms with Crippen LogP contribution in [0.3, 0.4) is 0 Å². The van der Waals surface area contributed by atoms with Crippen LogP contribution in [0.2, 0.25) is 0 Å².